The van der Waals surface area contributed by atoms with Crippen LogP contribution in [0.25, 0.3) is 0 Å². The van der Waals surface area contributed by atoms with Crippen molar-refractivity contribution in [1.82, 2.24) is 0 Å². The van der Waals surface area contributed by atoms with E-state index in [2.05, 4.69) is 19.9 Å². The summed E-state index contributed by atoms with van der Waals surface area (Å²) in [5.41, 5.74) is -0.524. The van der Waals surface area contributed by atoms with E-state index in [4.69, 9.17) is 51.6 Å². The molecule has 29 heteroatoms. The number of aliphatic hydroxyl groups excluding tert-OH is 12. The number of ketones is 1. The number of carbonyl (C=O) groups excluding carboxylic acids is 1. The van der Waals surface area contributed by atoms with Gasteiger partial charge in [-0.15, -0.1) is 0 Å². The standard InChI is InChI=1S/C56H90O28S/c1-21(2)15-25(58)18-56(8,70)34-10-9-28-27-17-31(30-16-26(84-85(71,72)73)11-13-54(30,6)29(27)12-14-55(28,34)7)78-51-45(69)46(37(61)24(5)77-51)81-52-47(82-49-43(67)40(64)35(59)22(3)75-49)39(63)33(20-74-52)80-53-48(42(66)38(62)32(19-57)79-53)83-50-44(68)41(65)36(60)23(4)76-50/h12,15,22-24,26-28,30-53,57,59-70H,9-11,13-14,16-20H2,1-8H3,(H,71,72,73)/t22?,23?,24?,26-,27?,28?,30+,31-,32?,33?,34?,35?,36?,37?,38?,39?,40?,41?,42?,43?,44?,45?,46?,47?,48?,49?,50?,51?,52?,53?,54+,55-,56-/m0/s1. The van der Waals surface area contributed by atoms with Gasteiger partial charge in [-0.25, -0.2) is 4.18 Å². The fourth-order valence-electron chi connectivity index (χ4n) is 15.6. The van der Waals surface area contributed by atoms with Crippen LogP contribution in [0.5, 0.6) is 0 Å². The average molecular weight is 1240 g/mol. The van der Waals surface area contributed by atoms with Gasteiger partial charge in [0.05, 0.1) is 49.3 Å². The van der Waals surface area contributed by atoms with Crippen LogP contribution in [0.4, 0.5) is 0 Å². The van der Waals surface area contributed by atoms with Gasteiger partial charge in [-0.1, -0.05) is 31.1 Å². The largest absolute Gasteiger partial charge is 0.397 e. The second-order valence-corrected chi connectivity index (χ2v) is 27.3. The van der Waals surface area contributed by atoms with E-state index >= 15 is 0 Å². The maximum absolute atomic E-state index is 13.1. The molecule has 0 amide bonds. The Kier molecular flexibility index (Phi) is 20.6. The molecule has 33 atom stereocenters. The molecule has 28 nitrogen and oxygen atoms in total. The van der Waals surface area contributed by atoms with Gasteiger partial charge in [0.1, 0.15) is 97.7 Å². The zero-order chi connectivity index (χ0) is 62.3. The van der Waals surface area contributed by atoms with E-state index < -0.39 is 206 Å². The van der Waals surface area contributed by atoms with Crippen molar-refractivity contribution in [3.63, 3.8) is 0 Å². The Labute approximate surface area is 493 Å². The quantitative estimate of drug-likeness (QED) is 0.0399. The van der Waals surface area contributed by atoms with Gasteiger partial charge in [-0.05, 0) is 127 Å². The highest BCUT2D eigenvalue weighted by Gasteiger charge is 2.64. The number of fused-ring (bicyclic) bond motifs is 5. The van der Waals surface area contributed by atoms with Crippen LogP contribution in [-0.2, 0) is 66.7 Å². The van der Waals surface area contributed by atoms with Crippen LogP contribution in [0, 0.1) is 34.5 Å². The minimum absolute atomic E-state index is 0.0200. The minimum Gasteiger partial charge on any atom is -0.394 e. The van der Waals surface area contributed by atoms with Crippen LogP contribution in [0.1, 0.15) is 107 Å². The molecular weight excluding hydrogens is 1150 g/mol. The van der Waals surface area contributed by atoms with E-state index in [1.807, 2.05) is 13.8 Å². The van der Waals surface area contributed by atoms with Gasteiger partial charge in [0.25, 0.3) is 0 Å². The summed E-state index contributed by atoms with van der Waals surface area (Å²) in [5.74, 6) is -1.15. The lowest BCUT2D eigenvalue weighted by Gasteiger charge is -2.60. The zero-order valence-electron chi connectivity index (χ0n) is 48.9. The van der Waals surface area contributed by atoms with E-state index in [1.165, 1.54) is 26.8 Å². The Balaban J connectivity index is 0.985. The SMILES string of the molecule is CC(C)=CC(=O)C[C@](C)(O)C1CCC2C3C[C@H](OC4OC(C)C(O)C(OC5OCC(OC6OC(CO)C(O)C(O)C6OC6OC(C)C(O)C(O)C6O)C(O)C5OC5OC(C)C(O)C(O)C5O)C4O)[C@H]4C[C@@H](OS(=O)(=O)O)CC[C@]4(C)C3=CC[C@@]21C. The van der Waals surface area contributed by atoms with Gasteiger partial charge in [0, 0.05) is 6.42 Å². The Bertz CT molecular complexity index is 2480. The first-order valence-electron chi connectivity index (χ1n) is 29.6. The second kappa shape index (κ2) is 26.0. The molecule has 0 bridgehead atoms. The third-order valence-electron chi connectivity index (χ3n) is 20.1. The van der Waals surface area contributed by atoms with Crippen LogP contribution in [0.15, 0.2) is 23.3 Å². The first-order chi connectivity index (χ1) is 39.7. The molecule has 27 unspecified atom stereocenters. The molecule has 0 radical (unpaired) electrons. The van der Waals surface area contributed by atoms with Crippen LogP contribution in [-0.4, -0.2) is 264 Å². The van der Waals surface area contributed by atoms with Crippen molar-refractivity contribution < 1.29 is 136 Å². The fraction of sp³-hybridized carbons (Fsp3) is 0.911. The van der Waals surface area contributed by atoms with Gasteiger partial charge in [-0.2, -0.15) is 8.42 Å². The lowest BCUT2D eigenvalue weighted by Crippen LogP contribution is -2.67. The molecule has 488 valence electrons. The van der Waals surface area contributed by atoms with Crippen molar-refractivity contribution in [1.29, 1.82) is 0 Å². The minimum atomic E-state index is -4.89. The van der Waals surface area contributed by atoms with Gasteiger partial charge in [-0.3, -0.25) is 9.35 Å². The van der Waals surface area contributed by atoms with Gasteiger partial charge in [0.15, 0.2) is 37.2 Å². The summed E-state index contributed by atoms with van der Waals surface area (Å²) >= 11 is 0. The van der Waals surface area contributed by atoms with E-state index in [1.54, 1.807) is 6.92 Å². The predicted octanol–water partition coefficient (Wildman–Crippen LogP) is -2.76. The maximum atomic E-state index is 13.1. The highest BCUT2D eigenvalue weighted by atomic mass is 32.3. The maximum Gasteiger partial charge on any atom is 0.397 e. The molecule has 0 spiro atoms. The monoisotopic (exact) mass is 1240 g/mol. The van der Waals surface area contributed by atoms with Gasteiger partial charge in [0.2, 0.25) is 0 Å². The molecular formula is C56H90O28S. The summed E-state index contributed by atoms with van der Waals surface area (Å²) in [4.78, 5) is 13.1. The number of carbonyl (C=O) groups is 1. The highest BCUT2D eigenvalue weighted by Crippen LogP contribution is 2.67. The molecule has 0 aromatic carbocycles. The first kappa shape index (κ1) is 67.5. The summed E-state index contributed by atoms with van der Waals surface area (Å²) in [6, 6.07) is 0. The van der Waals surface area contributed by atoms with E-state index in [0.717, 1.165) is 11.1 Å². The third-order valence-corrected chi connectivity index (χ3v) is 20.6. The van der Waals surface area contributed by atoms with Crippen LogP contribution in [0.3, 0.4) is 0 Å². The molecule has 0 aromatic rings. The van der Waals surface area contributed by atoms with E-state index in [-0.39, 0.29) is 42.8 Å². The molecule has 9 rings (SSSR count). The number of allylic oxidation sites excluding steroid dienone is 4. The number of aliphatic hydroxyl groups is 13. The van der Waals surface area contributed by atoms with Crippen molar-refractivity contribution in [2.75, 3.05) is 13.2 Å². The van der Waals surface area contributed by atoms with E-state index in [0.29, 0.717) is 32.1 Å². The molecule has 14 N–H and O–H groups in total. The molecule has 5 aliphatic heterocycles. The number of ether oxygens (including phenoxy) is 10. The normalized spacial score (nSPS) is 51.1. The summed E-state index contributed by atoms with van der Waals surface area (Å²) < 4.78 is 100. The van der Waals surface area contributed by atoms with Crippen molar-refractivity contribution in [2.24, 2.45) is 34.5 Å². The molecule has 9 aliphatic rings. The number of hydrogen-bond acceptors (Lipinski definition) is 27. The smallest absolute Gasteiger partial charge is 0.394 e. The number of rotatable bonds is 17. The van der Waals surface area contributed by atoms with Gasteiger partial charge < -0.3 is 114 Å². The molecule has 5 heterocycles. The molecule has 85 heavy (non-hydrogen) atoms. The summed E-state index contributed by atoms with van der Waals surface area (Å²) in [6.07, 6.45) is -36.1. The lowest BCUT2D eigenvalue weighted by molar-refractivity contribution is -0.398. The average Bonchev–Trinajstić information content (AvgIpc) is 1.71. The lowest BCUT2D eigenvalue weighted by atomic mass is 9.47. The number of hydrogen-bond donors (Lipinski definition) is 14. The Morgan fingerprint density at radius 1 is 0.647 bits per heavy atom. The molecule has 8 fully saturated rings. The van der Waals surface area contributed by atoms with Crippen molar-refractivity contribution in [3.05, 3.63) is 23.3 Å². The molecule has 3 saturated carbocycles. The van der Waals surface area contributed by atoms with Crippen LogP contribution < -0.4 is 0 Å². The van der Waals surface area contributed by atoms with Crippen LogP contribution >= 0.6 is 0 Å². The summed E-state index contributed by atoms with van der Waals surface area (Å²) in [5, 5.41) is 145. The Hall–Kier alpha value is -1.90. The Morgan fingerprint density at radius 3 is 1.78 bits per heavy atom. The van der Waals surface area contributed by atoms with Crippen molar-refractivity contribution in [2.45, 2.75) is 272 Å². The summed E-state index contributed by atoms with van der Waals surface area (Å²) in [6.45, 7) is 12.2. The molecule has 5 saturated heterocycles. The van der Waals surface area contributed by atoms with E-state index in [9.17, 15) is 84.1 Å². The fourth-order valence-corrected chi connectivity index (χ4v) is 16.1. The second-order valence-electron chi connectivity index (χ2n) is 26.2. The molecule has 4 aliphatic carbocycles. The molecule has 0 aromatic heterocycles. The third kappa shape index (κ3) is 13.4. The first-order valence-corrected chi connectivity index (χ1v) is 30.9. The zero-order valence-corrected chi connectivity index (χ0v) is 49.7. The predicted molar refractivity (Wildman–Crippen MR) is 286 cm³/mol. The van der Waals surface area contributed by atoms with Gasteiger partial charge >= 0.3 is 10.4 Å². The Morgan fingerprint density at radius 2 is 1.20 bits per heavy atom. The van der Waals surface area contributed by atoms with Crippen molar-refractivity contribution >= 4 is 16.2 Å². The highest BCUT2D eigenvalue weighted by molar-refractivity contribution is 7.80. The topological polar surface area (TPSA) is 436 Å². The summed E-state index contributed by atoms with van der Waals surface area (Å²) in [7, 11) is -4.89. The van der Waals surface area contributed by atoms with Crippen molar-refractivity contribution in [3.8, 4) is 0 Å². The van der Waals surface area contributed by atoms with Crippen LogP contribution in [0.2, 0.25) is 0 Å².